The molecule has 192 valence electrons. The molecule has 0 aromatic carbocycles. The molecular weight excluding hydrogens is 424 g/mol. The molecule has 0 saturated heterocycles. The number of carbonyl (C=O) groups excluding carboxylic acids is 1. The minimum Gasteiger partial charge on any atom is -0.481 e. The van der Waals surface area contributed by atoms with Crippen molar-refractivity contribution in [3.63, 3.8) is 0 Å². The van der Waals surface area contributed by atoms with Crippen molar-refractivity contribution in [2.24, 2.45) is 56.2 Å². The highest BCUT2D eigenvalue weighted by Gasteiger charge is 2.71. The number of rotatable bonds is 1. The van der Waals surface area contributed by atoms with Gasteiger partial charge in [-0.05, 0) is 116 Å². The normalized spacial score (nSPS) is 59.3. The van der Waals surface area contributed by atoms with Crippen molar-refractivity contribution in [3.05, 3.63) is 0 Å². The van der Waals surface area contributed by atoms with E-state index in [9.17, 15) is 19.8 Å². The Bertz CT molecular complexity index is 913. The van der Waals surface area contributed by atoms with E-state index in [1.54, 1.807) is 0 Å². The maximum Gasteiger partial charge on any atom is 0.309 e. The molecule has 5 fully saturated rings. The zero-order valence-electron chi connectivity index (χ0n) is 22.7. The van der Waals surface area contributed by atoms with E-state index < -0.39 is 17.5 Å². The summed E-state index contributed by atoms with van der Waals surface area (Å²) >= 11 is 0. The molecule has 0 aromatic heterocycles. The molecule has 4 heteroatoms. The van der Waals surface area contributed by atoms with E-state index in [1.807, 2.05) is 6.92 Å². The van der Waals surface area contributed by atoms with Crippen LogP contribution in [0.25, 0.3) is 0 Å². The van der Waals surface area contributed by atoms with Gasteiger partial charge in [-0.1, -0.05) is 41.5 Å². The van der Waals surface area contributed by atoms with Gasteiger partial charge in [0, 0.05) is 5.92 Å². The summed E-state index contributed by atoms with van der Waals surface area (Å²) in [4.78, 5) is 25.1. The highest BCUT2D eigenvalue weighted by molar-refractivity contribution is 5.86. The smallest absolute Gasteiger partial charge is 0.309 e. The topological polar surface area (TPSA) is 74.6 Å². The molecule has 0 aliphatic heterocycles. The summed E-state index contributed by atoms with van der Waals surface area (Å²) in [6.45, 7) is 16.4. The van der Waals surface area contributed by atoms with Crippen molar-refractivity contribution < 1.29 is 19.8 Å². The Hall–Kier alpha value is -0.900. The Morgan fingerprint density at radius 1 is 0.794 bits per heavy atom. The molecule has 0 unspecified atom stereocenters. The van der Waals surface area contributed by atoms with Gasteiger partial charge in [-0.25, -0.2) is 0 Å². The van der Waals surface area contributed by atoms with Crippen molar-refractivity contribution >= 4 is 11.8 Å². The van der Waals surface area contributed by atoms with Crippen LogP contribution in [0.15, 0.2) is 0 Å². The number of hydrogen-bond donors (Lipinski definition) is 2. The van der Waals surface area contributed by atoms with Crippen LogP contribution in [-0.2, 0) is 9.59 Å². The van der Waals surface area contributed by atoms with Crippen molar-refractivity contribution in [2.45, 2.75) is 119 Å². The number of aliphatic hydroxyl groups excluding tert-OH is 1. The third-order valence-electron chi connectivity index (χ3n) is 14.1. The number of aliphatic hydroxyl groups is 1. The van der Waals surface area contributed by atoms with Crippen LogP contribution in [-0.4, -0.2) is 28.1 Å². The molecule has 0 spiro atoms. The van der Waals surface area contributed by atoms with Crippen molar-refractivity contribution in [1.29, 1.82) is 0 Å². The molecule has 4 nitrogen and oxygen atoms in total. The fraction of sp³-hybridized carbons (Fsp3) is 0.933. The van der Waals surface area contributed by atoms with E-state index >= 15 is 0 Å². The minimum absolute atomic E-state index is 0.0262. The molecule has 5 aliphatic rings. The van der Waals surface area contributed by atoms with Gasteiger partial charge < -0.3 is 10.2 Å². The van der Waals surface area contributed by atoms with Gasteiger partial charge in [0.1, 0.15) is 6.10 Å². The number of carbonyl (C=O) groups is 2. The number of ketones is 1. The van der Waals surface area contributed by atoms with Gasteiger partial charge in [0.05, 0.1) is 5.41 Å². The summed E-state index contributed by atoms with van der Waals surface area (Å²) in [6.07, 6.45) is 9.36. The van der Waals surface area contributed by atoms with Crippen LogP contribution in [0.3, 0.4) is 0 Å². The molecule has 0 bridgehead atoms. The average Bonchev–Trinajstić information content (AvgIpc) is 2.77. The van der Waals surface area contributed by atoms with Crippen LogP contribution in [0.1, 0.15) is 113 Å². The highest BCUT2D eigenvalue weighted by atomic mass is 16.4. The number of carboxylic acids is 1. The van der Waals surface area contributed by atoms with Crippen LogP contribution in [0.5, 0.6) is 0 Å². The lowest BCUT2D eigenvalue weighted by molar-refractivity contribution is -0.260. The third-order valence-corrected chi connectivity index (χ3v) is 14.1. The van der Waals surface area contributed by atoms with Crippen LogP contribution in [0, 0.1) is 56.2 Å². The third kappa shape index (κ3) is 2.81. The second-order valence-corrected chi connectivity index (χ2v) is 15.1. The van der Waals surface area contributed by atoms with Crippen LogP contribution < -0.4 is 0 Å². The Morgan fingerprint density at radius 3 is 2.03 bits per heavy atom. The highest BCUT2D eigenvalue weighted by Crippen LogP contribution is 2.78. The van der Waals surface area contributed by atoms with Gasteiger partial charge in [-0.15, -0.1) is 0 Å². The first-order valence-electron chi connectivity index (χ1n) is 14.0. The van der Waals surface area contributed by atoms with Crippen LogP contribution >= 0.6 is 0 Å². The summed E-state index contributed by atoms with van der Waals surface area (Å²) in [7, 11) is 0. The maximum absolute atomic E-state index is 12.8. The largest absolute Gasteiger partial charge is 0.481 e. The second kappa shape index (κ2) is 7.11. The Morgan fingerprint density at radius 2 is 1.38 bits per heavy atom. The molecule has 0 aromatic rings. The first kappa shape index (κ1) is 24.8. The molecule has 0 heterocycles. The number of Topliss-reactive ketones (excluding diaryl/α,β-unsaturated/α-hetero) is 1. The standard InChI is InChI=1S/C30H48O4/c1-18-23(32)19(31)16-21-27(18,4)9-8-20-28(21,5)13-15-30(7)22-17-26(3,24(33)34)11-10-25(22,2)12-14-29(20,30)6/h18-22,31H,8-17H2,1-7H3,(H,33,34)/t18-,19-,20-,21+,22+,25+,26+,27+,28+,29+,30-/m0/s1. The summed E-state index contributed by atoms with van der Waals surface area (Å²) in [5, 5.41) is 20.9. The lowest BCUT2D eigenvalue weighted by Gasteiger charge is -2.74. The van der Waals surface area contributed by atoms with E-state index in [1.165, 1.54) is 12.8 Å². The van der Waals surface area contributed by atoms with Gasteiger partial charge in [-0.2, -0.15) is 0 Å². The molecule has 0 radical (unpaired) electrons. The summed E-state index contributed by atoms with van der Waals surface area (Å²) in [6, 6.07) is 0. The molecule has 0 amide bonds. The molecule has 5 saturated carbocycles. The Kier molecular flexibility index (Phi) is 5.18. The van der Waals surface area contributed by atoms with Gasteiger partial charge in [0.25, 0.3) is 0 Å². The fourth-order valence-corrected chi connectivity index (χ4v) is 11.2. The SMILES string of the molecule is C[C@H]1C(=O)[C@@H](O)C[C@@H]2[C@]1(C)CC[C@H]1[C@@]2(C)CC[C@@]2(C)[C@@H]3C[C@](C)(C(=O)O)CC[C@]3(C)CC[C@]12C. The summed E-state index contributed by atoms with van der Waals surface area (Å²) in [5.41, 5.74) is 0.0155. The van der Waals surface area contributed by atoms with E-state index in [0.29, 0.717) is 24.2 Å². The number of hydrogen-bond acceptors (Lipinski definition) is 3. The molecule has 2 N–H and O–H groups in total. The second-order valence-electron chi connectivity index (χ2n) is 15.1. The molecule has 5 aliphatic carbocycles. The first-order chi connectivity index (χ1) is 15.6. The number of aliphatic carboxylic acids is 1. The molecule has 34 heavy (non-hydrogen) atoms. The van der Waals surface area contributed by atoms with E-state index in [0.717, 1.165) is 44.9 Å². The van der Waals surface area contributed by atoms with Crippen molar-refractivity contribution in [1.82, 2.24) is 0 Å². The van der Waals surface area contributed by atoms with Crippen LogP contribution in [0.4, 0.5) is 0 Å². The quantitative estimate of drug-likeness (QED) is 0.457. The summed E-state index contributed by atoms with van der Waals surface area (Å²) in [5.74, 6) is 0.720. The van der Waals surface area contributed by atoms with Gasteiger partial charge in [0.2, 0.25) is 0 Å². The Balaban J connectivity index is 1.55. The fourth-order valence-electron chi connectivity index (χ4n) is 11.2. The Labute approximate surface area is 206 Å². The zero-order valence-corrected chi connectivity index (χ0v) is 22.7. The van der Waals surface area contributed by atoms with Gasteiger partial charge >= 0.3 is 5.97 Å². The number of carboxylic acid groups (broad SMARTS) is 1. The maximum atomic E-state index is 12.8. The van der Waals surface area contributed by atoms with Crippen LogP contribution in [0.2, 0.25) is 0 Å². The zero-order chi connectivity index (χ0) is 25.1. The van der Waals surface area contributed by atoms with Crippen molar-refractivity contribution in [3.8, 4) is 0 Å². The molecule has 5 rings (SSSR count). The lowest BCUT2D eigenvalue weighted by Crippen LogP contribution is -2.68. The summed E-state index contributed by atoms with van der Waals surface area (Å²) < 4.78 is 0. The molecule has 11 atom stereocenters. The lowest BCUT2D eigenvalue weighted by atomic mass is 9.30. The number of fused-ring (bicyclic) bond motifs is 7. The molecular formula is C30H48O4. The van der Waals surface area contributed by atoms with Gasteiger partial charge in [0.15, 0.2) is 5.78 Å². The van der Waals surface area contributed by atoms with E-state index in [-0.39, 0.29) is 38.8 Å². The first-order valence-corrected chi connectivity index (χ1v) is 14.0. The predicted molar refractivity (Wildman–Crippen MR) is 133 cm³/mol. The monoisotopic (exact) mass is 472 g/mol. The van der Waals surface area contributed by atoms with E-state index in [4.69, 9.17) is 0 Å². The van der Waals surface area contributed by atoms with Crippen molar-refractivity contribution in [2.75, 3.05) is 0 Å². The predicted octanol–water partition coefficient (Wildman–Crippen LogP) is 6.49. The average molecular weight is 473 g/mol. The minimum atomic E-state index is -0.811. The van der Waals surface area contributed by atoms with Gasteiger partial charge in [-0.3, -0.25) is 9.59 Å². The van der Waals surface area contributed by atoms with E-state index in [2.05, 4.69) is 41.5 Å².